The van der Waals surface area contributed by atoms with E-state index in [0.29, 0.717) is 22.2 Å². The summed E-state index contributed by atoms with van der Waals surface area (Å²) in [6.07, 6.45) is 0.0799. The summed E-state index contributed by atoms with van der Waals surface area (Å²) in [7, 11) is 1.61. The molecule has 0 atom stereocenters. The van der Waals surface area contributed by atoms with Crippen LogP contribution in [0.2, 0.25) is 5.02 Å². The molecule has 0 N–H and O–H groups in total. The highest BCUT2D eigenvalue weighted by atomic mass is 35.5. The second-order valence-corrected chi connectivity index (χ2v) is 7.69. The standard InChI is InChI=1S/C22H17ClN2O4S/c1-27-18-7-5-14(6-8-18)20-11-19(29-25-20)12-28-21(26)10-17-13-30-22(24-17)15-3-2-4-16(23)9-15/h2-9,11,13H,10,12H2,1H3. The van der Waals surface area contributed by atoms with E-state index in [1.165, 1.54) is 11.3 Å². The van der Waals surface area contributed by atoms with E-state index in [4.69, 9.17) is 25.6 Å². The van der Waals surface area contributed by atoms with Crippen LogP contribution in [0.3, 0.4) is 0 Å². The zero-order chi connectivity index (χ0) is 20.9. The third kappa shape index (κ3) is 4.87. The summed E-state index contributed by atoms with van der Waals surface area (Å²) in [5.74, 6) is 0.837. The van der Waals surface area contributed by atoms with Crippen LogP contribution in [0.25, 0.3) is 21.8 Å². The fourth-order valence-electron chi connectivity index (χ4n) is 2.77. The van der Waals surface area contributed by atoms with Gasteiger partial charge in [-0.3, -0.25) is 4.79 Å². The second-order valence-electron chi connectivity index (χ2n) is 6.40. The quantitative estimate of drug-likeness (QED) is 0.357. The van der Waals surface area contributed by atoms with Gasteiger partial charge < -0.3 is 14.0 Å². The van der Waals surface area contributed by atoms with Crippen LogP contribution < -0.4 is 4.74 Å². The zero-order valence-electron chi connectivity index (χ0n) is 16.0. The Kier molecular flexibility index (Phi) is 6.11. The Labute approximate surface area is 182 Å². The van der Waals surface area contributed by atoms with Gasteiger partial charge in [-0.25, -0.2) is 4.98 Å². The molecule has 4 rings (SSSR count). The summed E-state index contributed by atoms with van der Waals surface area (Å²) in [6.45, 7) is 0.00722. The van der Waals surface area contributed by atoms with Gasteiger partial charge in [0.2, 0.25) is 0 Å². The summed E-state index contributed by atoms with van der Waals surface area (Å²) in [5.41, 5.74) is 3.11. The van der Waals surface area contributed by atoms with Gasteiger partial charge in [0.15, 0.2) is 12.4 Å². The minimum atomic E-state index is -0.389. The van der Waals surface area contributed by atoms with E-state index in [0.717, 1.165) is 21.9 Å². The number of hydrogen-bond donors (Lipinski definition) is 0. The minimum absolute atomic E-state index is 0.00722. The second kappa shape index (κ2) is 9.11. The molecular formula is C22H17ClN2O4S. The maximum Gasteiger partial charge on any atom is 0.312 e. The largest absolute Gasteiger partial charge is 0.497 e. The van der Waals surface area contributed by atoms with Crippen molar-refractivity contribution in [3.8, 4) is 27.6 Å². The summed E-state index contributed by atoms with van der Waals surface area (Å²) in [4.78, 5) is 16.7. The SMILES string of the molecule is COc1ccc(-c2cc(COC(=O)Cc3csc(-c4cccc(Cl)c4)n3)on2)cc1. The normalized spacial score (nSPS) is 10.7. The van der Waals surface area contributed by atoms with E-state index >= 15 is 0 Å². The van der Waals surface area contributed by atoms with Crippen molar-refractivity contribution >= 4 is 28.9 Å². The van der Waals surface area contributed by atoms with Crippen molar-refractivity contribution in [2.24, 2.45) is 0 Å². The number of benzene rings is 2. The number of methoxy groups -OCH3 is 1. The van der Waals surface area contributed by atoms with Gasteiger partial charge in [0.1, 0.15) is 16.5 Å². The molecule has 0 aliphatic rings. The van der Waals surface area contributed by atoms with Crippen molar-refractivity contribution in [2.75, 3.05) is 7.11 Å². The lowest BCUT2D eigenvalue weighted by Gasteiger charge is -2.00. The molecule has 0 radical (unpaired) electrons. The van der Waals surface area contributed by atoms with Crippen LogP contribution in [0.4, 0.5) is 0 Å². The van der Waals surface area contributed by atoms with E-state index < -0.39 is 0 Å². The Balaban J connectivity index is 1.32. The fourth-order valence-corrected chi connectivity index (χ4v) is 3.78. The molecule has 0 aliphatic carbocycles. The summed E-state index contributed by atoms with van der Waals surface area (Å²) in [5, 5.41) is 7.31. The number of nitrogens with zero attached hydrogens (tertiary/aromatic N) is 2. The predicted molar refractivity (Wildman–Crippen MR) is 115 cm³/mol. The minimum Gasteiger partial charge on any atom is -0.497 e. The van der Waals surface area contributed by atoms with Crippen molar-refractivity contribution in [3.05, 3.63) is 76.5 Å². The van der Waals surface area contributed by atoms with Crippen LogP contribution in [0.15, 0.2) is 64.5 Å². The molecule has 0 saturated heterocycles. The van der Waals surface area contributed by atoms with Crippen molar-refractivity contribution in [2.45, 2.75) is 13.0 Å². The average Bonchev–Trinajstić information content (AvgIpc) is 3.42. The lowest BCUT2D eigenvalue weighted by molar-refractivity contribution is -0.144. The first-order valence-corrected chi connectivity index (χ1v) is 10.3. The Morgan fingerprint density at radius 2 is 1.97 bits per heavy atom. The first kappa shape index (κ1) is 20.1. The van der Waals surface area contributed by atoms with Gasteiger partial charge >= 0.3 is 5.97 Å². The maximum atomic E-state index is 12.2. The molecule has 0 unspecified atom stereocenters. The van der Waals surface area contributed by atoms with Gasteiger partial charge in [0.05, 0.1) is 19.2 Å². The van der Waals surface area contributed by atoms with Gasteiger partial charge in [-0.05, 0) is 36.4 Å². The molecule has 0 saturated carbocycles. The molecule has 30 heavy (non-hydrogen) atoms. The number of carbonyl (C=O) groups is 1. The molecule has 0 aliphatic heterocycles. The van der Waals surface area contributed by atoms with E-state index in [1.807, 2.05) is 47.8 Å². The van der Waals surface area contributed by atoms with Crippen LogP contribution in [0.1, 0.15) is 11.5 Å². The topological polar surface area (TPSA) is 74.5 Å². The highest BCUT2D eigenvalue weighted by Crippen LogP contribution is 2.26. The monoisotopic (exact) mass is 440 g/mol. The van der Waals surface area contributed by atoms with E-state index in [9.17, 15) is 4.79 Å². The molecule has 4 aromatic rings. The maximum absolute atomic E-state index is 12.2. The molecular weight excluding hydrogens is 424 g/mol. The van der Waals surface area contributed by atoms with Crippen LogP contribution in [0.5, 0.6) is 5.75 Å². The zero-order valence-corrected chi connectivity index (χ0v) is 17.6. The van der Waals surface area contributed by atoms with E-state index in [-0.39, 0.29) is 19.0 Å². The van der Waals surface area contributed by atoms with Crippen LogP contribution in [0, 0.1) is 0 Å². The third-order valence-electron chi connectivity index (χ3n) is 4.27. The molecule has 2 heterocycles. The number of thiazole rings is 1. The molecule has 2 aromatic heterocycles. The van der Waals surface area contributed by atoms with Crippen molar-refractivity contribution in [1.82, 2.24) is 10.1 Å². The van der Waals surface area contributed by atoms with Crippen LogP contribution >= 0.6 is 22.9 Å². The molecule has 152 valence electrons. The molecule has 2 aromatic carbocycles. The van der Waals surface area contributed by atoms with Gasteiger partial charge in [0.25, 0.3) is 0 Å². The lowest BCUT2D eigenvalue weighted by atomic mass is 10.1. The first-order valence-electron chi connectivity index (χ1n) is 9.07. The van der Waals surface area contributed by atoms with Crippen molar-refractivity contribution < 1.29 is 18.8 Å². The lowest BCUT2D eigenvalue weighted by Crippen LogP contribution is -2.08. The average molecular weight is 441 g/mol. The number of ether oxygens (including phenoxy) is 2. The summed E-state index contributed by atoms with van der Waals surface area (Å²) >= 11 is 7.48. The highest BCUT2D eigenvalue weighted by Gasteiger charge is 2.13. The van der Waals surface area contributed by atoms with Crippen LogP contribution in [-0.4, -0.2) is 23.2 Å². The predicted octanol–water partition coefficient (Wildman–Crippen LogP) is 5.41. The number of rotatable bonds is 7. The van der Waals surface area contributed by atoms with Gasteiger partial charge in [0, 0.05) is 27.6 Å². The Hall–Kier alpha value is -3.16. The van der Waals surface area contributed by atoms with Crippen molar-refractivity contribution in [3.63, 3.8) is 0 Å². The molecule has 0 spiro atoms. The van der Waals surface area contributed by atoms with Gasteiger partial charge in [-0.2, -0.15) is 0 Å². The third-order valence-corrected chi connectivity index (χ3v) is 5.44. The molecule has 0 amide bonds. The Bertz CT molecular complexity index is 1150. The number of halogens is 1. The van der Waals surface area contributed by atoms with Crippen LogP contribution in [-0.2, 0) is 22.6 Å². The Morgan fingerprint density at radius 1 is 1.13 bits per heavy atom. The van der Waals surface area contributed by atoms with Gasteiger partial charge in [-0.1, -0.05) is 28.9 Å². The summed E-state index contributed by atoms with van der Waals surface area (Å²) < 4.78 is 15.7. The number of carbonyl (C=O) groups excluding carboxylic acids is 1. The number of esters is 1. The molecule has 6 nitrogen and oxygen atoms in total. The Morgan fingerprint density at radius 3 is 2.73 bits per heavy atom. The van der Waals surface area contributed by atoms with E-state index in [2.05, 4.69) is 10.1 Å². The molecule has 0 fully saturated rings. The molecule has 8 heteroatoms. The highest BCUT2D eigenvalue weighted by molar-refractivity contribution is 7.13. The number of aromatic nitrogens is 2. The number of hydrogen-bond acceptors (Lipinski definition) is 7. The smallest absolute Gasteiger partial charge is 0.312 e. The van der Waals surface area contributed by atoms with E-state index in [1.54, 1.807) is 19.2 Å². The molecule has 0 bridgehead atoms. The van der Waals surface area contributed by atoms with Crippen molar-refractivity contribution in [1.29, 1.82) is 0 Å². The fraction of sp³-hybridized carbons (Fsp3) is 0.136. The van der Waals surface area contributed by atoms with Gasteiger partial charge in [-0.15, -0.1) is 11.3 Å². The summed E-state index contributed by atoms with van der Waals surface area (Å²) in [6, 6.07) is 16.6. The first-order chi connectivity index (χ1) is 14.6.